The molecule has 104 valence electrons. The molecule has 1 saturated carbocycles. The molecule has 0 spiro atoms. The molecule has 1 aromatic carbocycles. The van der Waals surface area contributed by atoms with Crippen LogP contribution in [0.4, 0.5) is 18.9 Å². The molecule has 1 aromatic rings. The first-order valence-corrected chi connectivity index (χ1v) is 6.47. The molecule has 0 heterocycles. The molecule has 0 aliphatic heterocycles. The lowest BCUT2D eigenvalue weighted by Crippen LogP contribution is -2.21. The number of hydrogen-bond acceptors (Lipinski definition) is 1. The molecule has 2 nitrogen and oxygen atoms in total. The Morgan fingerprint density at radius 3 is 2.47 bits per heavy atom. The van der Waals surface area contributed by atoms with Crippen LogP contribution >= 0.6 is 11.6 Å². The quantitative estimate of drug-likeness (QED) is 0.630. The molecule has 2 N–H and O–H groups in total. The third-order valence-corrected chi connectivity index (χ3v) is 3.61. The highest BCUT2D eigenvalue weighted by Crippen LogP contribution is 2.40. The van der Waals surface area contributed by atoms with Crippen molar-refractivity contribution in [1.29, 1.82) is 0 Å². The lowest BCUT2D eigenvalue weighted by atomic mass is 10.1. The van der Waals surface area contributed by atoms with Crippen LogP contribution in [0.2, 0.25) is 5.02 Å². The highest BCUT2D eigenvalue weighted by molar-refractivity contribution is 6.33. The summed E-state index contributed by atoms with van der Waals surface area (Å²) in [4.78, 5) is 3.95. The van der Waals surface area contributed by atoms with Crippen LogP contribution in [0.15, 0.2) is 23.2 Å². The van der Waals surface area contributed by atoms with Gasteiger partial charge in [0.05, 0.1) is 16.3 Å². The lowest BCUT2D eigenvalue weighted by molar-refractivity contribution is -0.137. The van der Waals surface area contributed by atoms with Crippen molar-refractivity contribution < 1.29 is 13.2 Å². The SMILES string of the molecule is NC(=Nc1c(Cl)cccc1C(F)(F)F)C1CCCC1. The lowest BCUT2D eigenvalue weighted by Gasteiger charge is -2.13. The van der Waals surface area contributed by atoms with E-state index in [9.17, 15) is 13.2 Å². The van der Waals surface area contributed by atoms with Gasteiger partial charge in [0.1, 0.15) is 5.84 Å². The molecule has 6 heteroatoms. The molecule has 0 amide bonds. The Hall–Kier alpha value is -1.23. The van der Waals surface area contributed by atoms with Gasteiger partial charge < -0.3 is 5.73 Å². The predicted octanol–water partition coefficient (Wildman–Crippen LogP) is 4.54. The number of nitrogens with two attached hydrogens (primary N) is 1. The number of aliphatic imine (C=N–C) groups is 1. The molecule has 1 fully saturated rings. The summed E-state index contributed by atoms with van der Waals surface area (Å²) in [5, 5.41) is -0.0317. The molecule has 0 unspecified atom stereocenters. The Labute approximate surface area is 114 Å². The van der Waals surface area contributed by atoms with Crippen molar-refractivity contribution in [1.82, 2.24) is 0 Å². The average Bonchev–Trinajstić information content (AvgIpc) is 2.83. The summed E-state index contributed by atoms with van der Waals surface area (Å²) < 4.78 is 38.7. The molecule has 0 bridgehead atoms. The van der Waals surface area contributed by atoms with E-state index in [1.807, 2.05) is 0 Å². The zero-order valence-electron chi connectivity index (χ0n) is 10.2. The van der Waals surface area contributed by atoms with Crippen LogP contribution in [0.1, 0.15) is 31.2 Å². The first-order valence-electron chi connectivity index (χ1n) is 6.09. The fraction of sp³-hybridized carbons (Fsp3) is 0.462. The monoisotopic (exact) mass is 290 g/mol. The van der Waals surface area contributed by atoms with E-state index in [0.29, 0.717) is 0 Å². The van der Waals surface area contributed by atoms with Gasteiger partial charge >= 0.3 is 6.18 Å². The van der Waals surface area contributed by atoms with E-state index >= 15 is 0 Å². The smallest absolute Gasteiger partial charge is 0.387 e. The van der Waals surface area contributed by atoms with Gasteiger partial charge in [-0.15, -0.1) is 0 Å². The maximum Gasteiger partial charge on any atom is 0.418 e. The number of rotatable bonds is 2. The summed E-state index contributed by atoms with van der Waals surface area (Å²) in [5.74, 6) is 0.313. The number of halogens is 4. The summed E-state index contributed by atoms with van der Waals surface area (Å²) in [6.07, 6.45) is -0.660. The second-order valence-electron chi connectivity index (χ2n) is 4.65. The molecular weight excluding hydrogens is 277 g/mol. The largest absolute Gasteiger partial charge is 0.418 e. The Kier molecular flexibility index (Phi) is 4.04. The Balaban J connectivity index is 2.41. The second-order valence-corrected chi connectivity index (χ2v) is 5.06. The zero-order valence-corrected chi connectivity index (χ0v) is 10.9. The molecular formula is C13H14ClF3N2. The van der Waals surface area contributed by atoms with Crippen LogP contribution < -0.4 is 5.73 Å². The molecule has 19 heavy (non-hydrogen) atoms. The van der Waals surface area contributed by atoms with Crippen molar-refractivity contribution in [2.75, 3.05) is 0 Å². The van der Waals surface area contributed by atoms with Gasteiger partial charge in [0.25, 0.3) is 0 Å². The van der Waals surface area contributed by atoms with Gasteiger partial charge in [0.15, 0.2) is 0 Å². The first-order chi connectivity index (χ1) is 8.89. The standard InChI is InChI=1S/C13H14ClF3N2/c14-10-7-3-6-9(13(15,16)17)11(10)19-12(18)8-4-1-2-5-8/h3,6-8H,1-2,4-5H2,(H2,18,19). The summed E-state index contributed by atoms with van der Waals surface area (Å²) in [6, 6.07) is 3.61. The normalized spacial score (nSPS) is 18.0. The minimum atomic E-state index is -4.49. The van der Waals surface area contributed by atoms with Crippen LogP contribution in [0.5, 0.6) is 0 Å². The Bertz CT molecular complexity index is 491. The molecule has 2 rings (SSSR count). The maximum absolute atomic E-state index is 12.9. The van der Waals surface area contributed by atoms with E-state index in [1.54, 1.807) is 0 Å². The minimum absolute atomic E-state index is 0.0317. The molecule has 1 aliphatic carbocycles. The number of nitrogens with zero attached hydrogens (tertiary/aromatic N) is 1. The summed E-state index contributed by atoms with van der Waals surface area (Å²) >= 11 is 5.82. The third-order valence-electron chi connectivity index (χ3n) is 3.31. The van der Waals surface area contributed by atoms with E-state index in [1.165, 1.54) is 12.1 Å². The van der Waals surface area contributed by atoms with Gasteiger partial charge in [-0.2, -0.15) is 13.2 Å². The van der Waals surface area contributed by atoms with Gasteiger partial charge in [0.2, 0.25) is 0 Å². The van der Waals surface area contributed by atoms with E-state index in [0.717, 1.165) is 31.7 Å². The van der Waals surface area contributed by atoms with Gasteiger partial charge in [-0.1, -0.05) is 30.5 Å². The van der Waals surface area contributed by atoms with Crippen LogP contribution in [0, 0.1) is 5.92 Å². The van der Waals surface area contributed by atoms with Gasteiger partial charge in [-0.25, -0.2) is 4.99 Å². The fourth-order valence-corrected chi connectivity index (χ4v) is 2.52. The molecule has 0 saturated heterocycles. The highest BCUT2D eigenvalue weighted by atomic mass is 35.5. The summed E-state index contributed by atoms with van der Waals surface area (Å²) in [7, 11) is 0. The minimum Gasteiger partial charge on any atom is -0.387 e. The number of benzene rings is 1. The van der Waals surface area contributed by atoms with Gasteiger partial charge in [0, 0.05) is 5.92 Å². The van der Waals surface area contributed by atoms with Crippen molar-refractivity contribution in [3.8, 4) is 0 Å². The average molecular weight is 291 g/mol. The number of para-hydroxylation sites is 1. The second kappa shape index (κ2) is 5.41. The fourth-order valence-electron chi connectivity index (χ4n) is 2.30. The van der Waals surface area contributed by atoms with Gasteiger partial charge in [-0.3, -0.25) is 0 Å². The van der Waals surface area contributed by atoms with E-state index < -0.39 is 11.7 Å². The number of alkyl halides is 3. The van der Waals surface area contributed by atoms with E-state index in [4.69, 9.17) is 17.3 Å². The van der Waals surface area contributed by atoms with Crippen molar-refractivity contribution in [2.24, 2.45) is 16.6 Å². The molecule has 1 aliphatic rings. The van der Waals surface area contributed by atoms with Crippen LogP contribution in [0.25, 0.3) is 0 Å². The van der Waals surface area contributed by atoms with Gasteiger partial charge in [-0.05, 0) is 25.0 Å². The molecule has 0 aromatic heterocycles. The van der Waals surface area contributed by atoms with Crippen LogP contribution in [-0.2, 0) is 6.18 Å². The zero-order chi connectivity index (χ0) is 14.0. The Morgan fingerprint density at radius 1 is 1.26 bits per heavy atom. The van der Waals surface area contributed by atoms with E-state index in [2.05, 4.69) is 4.99 Å². The Morgan fingerprint density at radius 2 is 1.89 bits per heavy atom. The van der Waals surface area contributed by atoms with Crippen LogP contribution in [0.3, 0.4) is 0 Å². The van der Waals surface area contributed by atoms with Crippen molar-refractivity contribution in [3.05, 3.63) is 28.8 Å². The number of hydrogen-bond donors (Lipinski definition) is 1. The summed E-state index contributed by atoms with van der Waals surface area (Å²) in [5.41, 5.74) is 4.69. The van der Waals surface area contributed by atoms with Crippen LogP contribution in [-0.4, -0.2) is 5.84 Å². The van der Waals surface area contributed by atoms with Crippen molar-refractivity contribution in [2.45, 2.75) is 31.9 Å². The highest BCUT2D eigenvalue weighted by Gasteiger charge is 2.34. The van der Waals surface area contributed by atoms with Crippen molar-refractivity contribution in [3.63, 3.8) is 0 Å². The first kappa shape index (κ1) is 14.2. The predicted molar refractivity (Wildman–Crippen MR) is 69.7 cm³/mol. The molecule has 0 radical (unpaired) electrons. The summed E-state index contributed by atoms with van der Waals surface area (Å²) in [6.45, 7) is 0. The topological polar surface area (TPSA) is 38.4 Å². The number of amidine groups is 1. The molecule has 0 atom stereocenters. The maximum atomic E-state index is 12.9. The third kappa shape index (κ3) is 3.21. The van der Waals surface area contributed by atoms with Crippen molar-refractivity contribution >= 4 is 23.1 Å². The van der Waals surface area contributed by atoms with E-state index in [-0.39, 0.29) is 22.5 Å².